The van der Waals surface area contributed by atoms with Gasteiger partial charge in [0.2, 0.25) is 0 Å². The summed E-state index contributed by atoms with van der Waals surface area (Å²) in [5.74, 6) is 3.32. The molecule has 1 aliphatic heterocycles. The van der Waals surface area contributed by atoms with Gasteiger partial charge in [0.05, 0.1) is 11.9 Å². The summed E-state index contributed by atoms with van der Waals surface area (Å²) in [5.41, 5.74) is 1.22. The van der Waals surface area contributed by atoms with E-state index in [4.69, 9.17) is 16.6 Å². The Labute approximate surface area is 132 Å². The molecule has 1 aliphatic rings. The van der Waals surface area contributed by atoms with Crippen molar-refractivity contribution in [2.75, 3.05) is 24.6 Å². The maximum absolute atomic E-state index is 6.36. The molecular weight excluding hydrogens is 310 g/mol. The maximum Gasteiger partial charge on any atom is 0.145 e. The van der Waals surface area contributed by atoms with Crippen LogP contribution in [0.4, 0.5) is 0 Å². The summed E-state index contributed by atoms with van der Waals surface area (Å²) in [5, 5.41) is 1.64. The van der Waals surface area contributed by atoms with Gasteiger partial charge in [0.25, 0.3) is 0 Å². The molecule has 1 saturated heterocycles. The lowest BCUT2D eigenvalue weighted by atomic mass is 10.2. The van der Waals surface area contributed by atoms with E-state index in [0.29, 0.717) is 5.15 Å². The Bertz CT molecular complexity index is 618. The SMILES string of the molecule is Cc1sc2nc(CN3CCCSCC3)nc(Cl)c2c1C. The highest BCUT2D eigenvalue weighted by atomic mass is 35.5. The molecule has 3 nitrogen and oxygen atoms in total. The van der Waals surface area contributed by atoms with Gasteiger partial charge in [-0.15, -0.1) is 11.3 Å². The minimum absolute atomic E-state index is 0.607. The lowest BCUT2D eigenvalue weighted by molar-refractivity contribution is 0.280. The number of rotatable bonds is 2. The van der Waals surface area contributed by atoms with Crippen LogP contribution < -0.4 is 0 Å². The fourth-order valence-corrected chi connectivity index (χ4v) is 4.83. The highest BCUT2D eigenvalue weighted by molar-refractivity contribution is 7.99. The molecular formula is C14H18ClN3S2. The van der Waals surface area contributed by atoms with Gasteiger partial charge < -0.3 is 0 Å². The van der Waals surface area contributed by atoms with Gasteiger partial charge >= 0.3 is 0 Å². The zero-order valence-electron chi connectivity index (χ0n) is 11.8. The van der Waals surface area contributed by atoms with Gasteiger partial charge in [-0.1, -0.05) is 11.6 Å². The highest BCUT2D eigenvalue weighted by Crippen LogP contribution is 2.33. The van der Waals surface area contributed by atoms with Crippen molar-refractivity contribution in [2.24, 2.45) is 0 Å². The van der Waals surface area contributed by atoms with Gasteiger partial charge in [-0.05, 0) is 38.1 Å². The number of thiophene rings is 1. The van der Waals surface area contributed by atoms with Crippen molar-refractivity contribution in [3.05, 3.63) is 21.4 Å². The molecule has 0 aliphatic carbocycles. The molecule has 2 aromatic rings. The molecule has 0 N–H and O–H groups in total. The van der Waals surface area contributed by atoms with E-state index in [9.17, 15) is 0 Å². The zero-order chi connectivity index (χ0) is 14.1. The van der Waals surface area contributed by atoms with Crippen LogP contribution in [0.15, 0.2) is 0 Å². The van der Waals surface area contributed by atoms with Gasteiger partial charge in [0, 0.05) is 17.2 Å². The first-order chi connectivity index (χ1) is 9.65. The molecule has 3 rings (SSSR count). The van der Waals surface area contributed by atoms with E-state index < -0.39 is 0 Å². The molecule has 0 unspecified atom stereocenters. The number of thioether (sulfide) groups is 1. The first-order valence-electron chi connectivity index (χ1n) is 6.87. The molecule has 1 fully saturated rings. The van der Waals surface area contributed by atoms with Crippen LogP contribution in [-0.2, 0) is 6.54 Å². The van der Waals surface area contributed by atoms with Gasteiger partial charge in [-0.25, -0.2) is 9.97 Å². The predicted molar refractivity (Wildman–Crippen MR) is 89.1 cm³/mol. The van der Waals surface area contributed by atoms with E-state index in [0.717, 1.165) is 35.7 Å². The van der Waals surface area contributed by atoms with Gasteiger partial charge in [0.1, 0.15) is 15.8 Å². The lowest BCUT2D eigenvalue weighted by Gasteiger charge is -2.18. The van der Waals surface area contributed by atoms with Gasteiger partial charge in [0.15, 0.2) is 0 Å². The second kappa shape index (κ2) is 6.18. The van der Waals surface area contributed by atoms with E-state index in [1.807, 2.05) is 11.8 Å². The fraction of sp³-hybridized carbons (Fsp3) is 0.571. The second-order valence-corrected chi connectivity index (χ2v) is 7.92. The van der Waals surface area contributed by atoms with E-state index in [2.05, 4.69) is 23.7 Å². The molecule has 0 amide bonds. The molecule has 20 heavy (non-hydrogen) atoms. The van der Waals surface area contributed by atoms with E-state index in [-0.39, 0.29) is 0 Å². The van der Waals surface area contributed by atoms with Crippen LogP contribution in [0, 0.1) is 13.8 Å². The molecule has 3 heterocycles. The Hall–Kier alpha value is -0.360. The number of hydrogen-bond acceptors (Lipinski definition) is 5. The van der Waals surface area contributed by atoms with Crippen molar-refractivity contribution >= 4 is 44.9 Å². The molecule has 0 radical (unpaired) electrons. The fourth-order valence-electron chi connectivity index (χ4n) is 2.47. The Morgan fingerprint density at radius 1 is 1.20 bits per heavy atom. The third-order valence-electron chi connectivity index (χ3n) is 3.71. The van der Waals surface area contributed by atoms with Crippen LogP contribution in [0.3, 0.4) is 0 Å². The Balaban J connectivity index is 1.88. The van der Waals surface area contributed by atoms with Crippen molar-refractivity contribution < 1.29 is 0 Å². The summed E-state index contributed by atoms with van der Waals surface area (Å²) in [4.78, 5) is 14.0. The van der Waals surface area contributed by atoms with Crippen molar-refractivity contribution in [1.29, 1.82) is 0 Å². The number of aromatic nitrogens is 2. The Morgan fingerprint density at radius 2 is 2.05 bits per heavy atom. The minimum Gasteiger partial charge on any atom is -0.295 e. The predicted octanol–water partition coefficient (Wildman–Crippen LogP) is 3.90. The maximum atomic E-state index is 6.36. The zero-order valence-corrected chi connectivity index (χ0v) is 14.2. The third kappa shape index (κ3) is 2.96. The van der Waals surface area contributed by atoms with Crippen LogP contribution in [0.25, 0.3) is 10.2 Å². The Kier molecular flexibility index (Phi) is 4.50. The molecule has 0 spiro atoms. The quantitative estimate of drug-likeness (QED) is 0.782. The van der Waals surface area contributed by atoms with Gasteiger partial charge in [-0.3, -0.25) is 4.90 Å². The van der Waals surface area contributed by atoms with Crippen molar-refractivity contribution in [2.45, 2.75) is 26.8 Å². The summed E-state index contributed by atoms with van der Waals surface area (Å²) in [6, 6.07) is 0. The summed E-state index contributed by atoms with van der Waals surface area (Å²) >= 11 is 10.1. The monoisotopic (exact) mass is 327 g/mol. The normalized spacial score (nSPS) is 17.6. The first kappa shape index (κ1) is 14.6. The number of nitrogens with zero attached hydrogens (tertiary/aromatic N) is 3. The largest absolute Gasteiger partial charge is 0.295 e. The third-order valence-corrected chi connectivity index (χ3v) is 6.13. The molecule has 0 saturated carbocycles. The first-order valence-corrected chi connectivity index (χ1v) is 9.22. The number of halogens is 1. The van der Waals surface area contributed by atoms with Crippen LogP contribution in [0.2, 0.25) is 5.15 Å². The summed E-state index contributed by atoms with van der Waals surface area (Å²) < 4.78 is 0. The van der Waals surface area contributed by atoms with Crippen LogP contribution in [0.1, 0.15) is 22.7 Å². The average molecular weight is 328 g/mol. The minimum atomic E-state index is 0.607. The van der Waals surface area contributed by atoms with Crippen LogP contribution in [-0.4, -0.2) is 39.5 Å². The average Bonchev–Trinajstić information content (AvgIpc) is 2.59. The molecule has 0 aromatic carbocycles. The van der Waals surface area contributed by atoms with Crippen molar-refractivity contribution in [1.82, 2.24) is 14.9 Å². The number of hydrogen-bond donors (Lipinski definition) is 0. The van der Waals surface area contributed by atoms with E-state index in [1.165, 1.54) is 28.4 Å². The molecule has 2 aromatic heterocycles. The standard InChI is InChI=1S/C14H18ClN3S2/c1-9-10(2)20-14-12(9)13(15)16-11(17-14)8-18-4-3-6-19-7-5-18/h3-8H2,1-2H3. The topological polar surface area (TPSA) is 29.0 Å². The summed E-state index contributed by atoms with van der Waals surface area (Å²) in [6.45, 7) is 7.27. The van der Waals surface area contributed by atoms with Crippen LogP contribution in [0.5, 0.6) is 0 Å². The molecule has 0 bridgehead atoms. The van der Waals surface area contributed by atoms with E-state index >= 15 is 0 Å². The number of aryl methyl sites for hydroxylation is 2. The highest BCUT2D eigenvalue weighted by Gasteiger charge is 2.16. The molecule has 108 valence electrons. The Morgan fingerprint density at radius 3 is 2.90 bits per heavy atom. The second-order valence-electron chi connectivity index (χ2n) is 5.14. The summed E-state index contributed by atoms with van der Waals surface area (Å²) in [7, 11) is 0. The van der Waals surface area contributed by atoms with Crippen molar-refractivity contribution in [3.8, 4) is 0 Å². The van der Waals surface area contributed by atoms with E-state index in [1.54, 1.807) is 11.3 Å². The summed E-state index contributed by atoms with van der Waals surface area (Å²) in [6.07, 6.45) is 1.25. The molecule has 6 heteroatoms. The van der Waals surface area contributed by atoms with Gasteiger partial charge in [-0.2, -0.15) is 11.8 Å². The lowest BCUT2D eigenvalue weighted by Crippen LogP contribution is -2.26. The molecule has 0 atom stereocenters. The number of fused-ring (bicyclic) bond motifs is 1. The smallest absolute Gasteiger partial charge is 0.145 e. The van der Waals surface area contributed by atoms with Crippen LogP contribution >= 0.6 is 34.7 Å². The van der Waals surface area contributed by atoms with Crippen molar-refractivity contribution in [3.63, 3.8) is 0 Å².